The minimum atomic E-state index is -3.26. The highest BCUT2D eigenvalue weighted by molar-refractivity contribution is 7.90. The molecule has 1 rings (SSSR count). The molecular weight excluding hydrogens is 282 g/mol. The SMILES string of the molecule is CCC(CCNS(=O)(=O)C1CCOCC1)CCC(=O)O. The fraction of sp³-hybridized carbons (Fsp3) is 0.923. The number of rotatable bonds is 9. The van der Waals surface area contributed by atoms with Gasteiger partial charge in [-0.25, -0.2) is 13.1 Å². The maximum absolute atomic E-state index is 12.1. The predicted molar refractivity (Wildman–Crippen MR) is 76.0 cm³/mol. The van der Waals surface area contributed by atoms with E-state index in [4.69, 9.17) is 9.84 Å². The van der Waals surface area contributed by atoms with Gasteiger partial charge in [-0.1, -0.05) is 13.3 Å². The Morgan fingerprint density at radius 1 is 1.35 bits per heavy atom. The van der Waals surface area contributed by atoms with E-state index in [0.29, 0.717) is 45.4 Å². The van der Waals surface area contributed by atoms with Crippen molar-refractivity contribution in [2.75, 3.05) is 19.8 Å². The zero-order valence-corrected chi connectivity index (χ0v) is 12.8. The monoisotopic (exact) mass is 307 g/mol. The summed E-state index contributed by atoms with van der Waals surface area (Å²) >= 11 is 0. The zero-order chi connectivity index (χ0) is 15.0. The standard InChI is InChI=1S/C13H25NO5S/c1-2-11(3-4-13(15)16)5-8-14-20(17,18)12-6-9-19-10-7-12/h11-12,14H,2-10H2,1H3,(H,15,16). The summed E-state index contributed by atoms with van der Waals surface area (Å²) in [5.41, 5.74) is 0. The third kappa shape index (κ3) is 6.19. The molecular formula is C13H25NO5S. The second-order valence-corrected chi connectivity index (χ2v) is 7.29. The Labute approximate surface area is 120 Å². The highest BCUT2D eigenvalue weighted by Gasteiger charge is 2.27. The summed E-state index contributed by atoms with van der Waals surface area (Å²) in [7, 11) is -3.26. The molecule has 0 amide bonds. The average molecular weight is 307 g/mol. The van der Waals surface area contributed by atoms with Crippen LogP contribution in [0.5, 0.6) is 0 Å². The van der Waals surface area contributed by atoms with Gasteiger partial charge in [0, 0.05) is 26.2 Å². The van der Waals surface area contributed by atoms with Gasteiger partial charge in [-0.05, 0) is 31.6 Å². The molecule has 6 nitrogen and oxygen atoms in total. The van der Waals surface area contributed by atoms with Crippen LogP contribution in [-0.2, 0) is 19.6 Å². The third-order valence-electron chi connectivity index (χ3n) is 3.81. The Bertz CT molecular complexity index is 390. The number of hydrogen-bond acceptors (Lipinski definition) is 4. The van der Waals surface area contributed by atoms with Crippen LogP contribution < -0.4 is 4.72 Å². The molecule has 0 radical (unpaired) electrons. The van der Waals surface area contributed by atoms with E-state index in [-0.39, 0.29) is 17.6 Å². The number of hydrogen-bond donors (Lipinski definition) is 2. The number of carboxylic acid groups (broad SMARTS) is 1. The number of ether oxygens (including phenoxy) is 1. The van der Waals surface area contributed by atoms with Gasteiger partial charge in [0.1, 0.15) is 0 Å². The number of carbonyl (C=O) groups is 1. The van der Waals surface area contributed by atoms with E-state index < -0.39 is 16.0 Å². The normalized spacial score (nSPS) is 18.9. The molecule has 2 N–H and O–H groups in total. The topological polar surface area (TPSA) is 92.7 Å². The first-order valence-corrected chi connectivity index (χ1v) is 8.78. The number of sulfonamides is 1. The Morgan fingerprint density at radius 3 is 2.55 bits per heavy atom. The summed E-state index contributed by atoms with van der Waals surface area (Å²) in [5, 5.41) is 8.31. The van der Waals surface area contributed by atoms with Gasteiger partial charge in [0.15, 0.2) is 0 Å². The van der Waals surface area contributed by atoms with Crippen LogP contribution >= 0.6 is 0 Å². The van der Waals surface area contributed by atoms with Crippen molar-refractivity contribution in [1.82, 2.24) is 4.72 Å². The van der Waals surface area contributed by atoms with Crippen LogP contribution in [0.2, 0.25) is 0 Å². The van der Waals surface area contributed by atoms with Gasteiger partial charge in [0.2, 0.25) is 10.0 Å². The summed E-state index contributed by atoms with van der Waals surface area (Å²) in [6, 6.07) is 0. The van der Waals surface area contributed by atoms with Gasteiger partial charge >= 0.3 is 5.97 Å². The highest BCUT2D eigenvalue weighted by atomic mass is 32.2. The Hall–Kier alpha value is -0.660. The minimum Gasteiger partial charge on any atom is -0.481 e. The van der Waals surface area contributed by atoms with Crippen molar-refractivity contribution in [3.63, 3.8) is 0 Å². The van der Waals surface area contributed by atoms with Gasteiger partial charge in [-0.2, -0.15) is 0 Å². The molecule has 1 unspecified atom stereocenters. The highest BCUT2D eigenvalue weighted by Crippen LogP contribution is 2.17. The van der Waals surface area contributed by atoms with Gasteiger partial charge in [0.05, 0.1) is 5.25 Å². The average Bonchev–Trinajstić information content (AvgIpc) is 2.43. The van der Waals surface area contributed by atoms with Crippen LogP contribution in [0.4, 0.5) is 0 Å². The molecule has 1 fully saturated rings. The first-order chi connectivity index (χ1) is 9.45. The van der Waals surface area contributed by atoms with Crippen LogP contribution in [0.3, 0.4) is 0 Å². The van der Waals surface area contributed by atoms with E-state index in [0.717, 1.165) is 6.42 Å². The van der Waals surface area contributed by atoms with Crippen molar-refractivity contribution in [3.05, 3.63) is 0 Å². The molecule has 0 bridgehead atoms. The second kappa shape index (κ2) is 8.59. The molecule has 1 saturated heterocycles. The minimum absolute atomic E-state index is 0.144. The maximum Gasteiger partial charge on any atom is 0.303 e. The van der Waals surface area contributed by atoms with E-state index in [2.05, 4.69) is 4.72 Å². The summed E-state index contributed by atoms with van der Waals surface area (Å²) in [5.74, 6) is -0.547. The molecule has 0 aromatic heterocycles. The van der Waals surface area contributed by atoms with Crippen molar-refractivity contribution in [2.45, 2.75) is 50.7 Å². The van der Waals surface area contributed by atoms with Gasteiger partial charge in [-0.15, -0.1) is 0 Å². The summed E-state index contributed by atoms with van der Waals surface area (Å²) in [6.45, 7) is 3.39. The first kappa shape index (κ1) is 17.4. The number of aliphatic carboxylic acids is 1. The smallest absolute Gasteiger partial charge is 0.303 e. The Balaban J connectivity index is 2.31. The molecule has 0 saturated carbocycles. The van der Waals surface area contributed by atoms with Crippen molar-refractivity contribution in [3.8, 4) is 0 Å². The van der Waals surface area contributed by atoms with Crippen LogP contribution in [-0.4, -0.2) is 44.5 Å². The molecule has 0 aliphatic carbocycles. The molecule has 0 aromatic carbocycles. The Morgan fingerprint density at radius 2 is 2.00 bits per heavy atom. The quantitative estimate of drug-likeness (QED) is 0.671. The van der Waals surface area contributed by atoms with E-state index in [1.54, 1.807) is 0 Å². The molecule has 0 spiro atoms. The first-order valence-electron chi connectivity index (χ1n) is 7.23. The van der Waals surface area contributed by atoms with E-state index >= 15 is 0 Å². The lowest BCUT2D eigenvalue weighted by molar-refractivity contribution is -0.137. The van der Waals surface area contributed by atoms with Crippen LogP contribution in [0, 0.1) is 5.92 Å². The molecule has 1 aliphatic rings. The molecule has 1 atom stereocenters. The molecule has 20 heavy (non-hydrogen) atoms. The van der Waals surface area contributed by atoms with Crippen LogP contribution in [0.15, 0.2) is 0 Å². The lowest BCUT2D eigenvalue weighted by Gasteiger charge is -2.23. The lowest BCUT2D eigenvalue weighted by atomic mass is 9.97. The fourth-order valence-corrected chi connectivity index (χ4v) is 3.84. The van der Waals surface area contributed by atoms with E-state index in [9.17, 15) is 13.2 Å². The van der Waals surface area contributed by atoms with Crippen LogP contribution in [0.25, 0.3) is 0 Å². The summed E-state index contributed by atoms with van der Waals surface area (Å²) in [4.78, 5) is 10.5. The maximum atomic E-state index is 12.1. The van der Waals surface area contributed by atoms with E-state index in [1.807, 2.05) is 6.92 Å². The second-order valence-electron chi connectivity index (χ2n) is 5.25. The third-order valence-corrected chi connectivity index (χ3v) is 5.76. The summed E-state index contributed by atoms with van der Waals surface area (Å²) < 4.78 is 31.9. The largest absolute Gasteiger partial charge is 0.481 e. The lowest BCUT2D eigenvalue weighted by Crippen LogP contribution is -2.38. The van der Waals surface area contributed by atoms with E-state index in [1.165, 1.54) is 0 Å². The predicted octanol–water partition coefficient (Wildman–Crippen LogP) is 1.37. The van der Waals surface area contributed by atoms with Crippen molar-refractivity contribution in [2.24, 2.45) is 5.92 Å². The van der Waals surface area contributed by atoms with Gasteiger partial charge < -0.3 is 9.84 Å². The summed E-state index contributed by atoms with van der Waals surface area (Å²) in [6.07, 6.45) is 3.39. The van der Waals surface area contributed by atoms with Gasteiger partial charge in [0.25, 0.3) is 0 Å². The number of nitrogens with one attached hydrogen (secondary N) is 1. The fourth-order valence-electron chi connectivity index (χ4n) is 2.39. The molecule has 1 aliphatic heterocycles. The number of carboxylic acids is 1. The van der Waals surface area contributed by atoms with Crippen molar-refractivity contribution >= 4 is 16.0 Å². The zero-order valence-electron chi connectivity index (χ0n) is 12.0. The van der Waals surface area contributed by atoms with Crippen molar-refractivity contribution in [1.29, 1.82) is 0 Å². The molecule has 7 heteroatoms. The Kier molecular flexibility index (Phi) is 7.47. The molecule has 1 heterocycles. The molecule has 118 valence electrons. The molecule has 0 aromatic rings. The van der Waals surface area contributed by atoms with Crippen molar-refractivity contribution < 1.29 is 23.1 Å². The van der Waals surface area contributed by atoms with Crippen LogP contribution in [0.1, 0.15) is 45.4 Å². The van der Waals surface area contributed by atoms with Gasteiger partial charge in [-0.3, -0.25) is 4.79 Å².